The number of hydrogen-bond donors (Lipinski definition) is 2. The van der Waals surface area contributed by atoms with Crippen LogP contribution < -0.4 is 0 Å². The lowest BCUT2D eigenvalue weighted by Crippen LogP contribution is -2.39. The molecule has 1 heterocycles. The van der Waals surface area contributed by atoms with Crippen LogP contribution in [-0.2, 0) is 9.53 Å². The number of carbonyl (C=O) groups is 1. The van der Waals surface area contributed by atoms with E-state index in [1.165, 1.54) is 0 Å². The topological polar surface area (TPSA) is 66.8 Å². The lowest BCUT2D eigenvalue weighted by Gasteiger charge is -2.27. The summed E-state index contributed by atoms with van der Waals surface area (Å²) in [6, 6.07) is 7.54. The molecule has 0 bridgehead atoms. The summed E-state index contributed by atoms with van der Waals surface area (Å²) < 4.78 is 5.14. The van der Waals surface area contributed by atoms with Crippen LogP contribution in [0.5, 0.6) is 0 Å². The summed E-state index contributed by atoms with van der Waals surface area (Å²) in [5.74, 6) is -0.492. The van der Waals surface area contributed by atoms with E-state index in [4.69, 9.17) is 4.74 Å². The molecule has 4 heteroatoms. The zero-order valence-electron chi connectivity index (χ0n) is 10.4. The minimum absolute atomic E-state index is 0.432. The standard InChI is InChI=1S/C14H16O4/c1-9-3-5-11(6-4-9)12-10(2)13(17)18-14(12,7-15)8-16/h3-6,15-16H,7-8H2,1-2H3. The SMILES string of the molecule is CC1=C(c2ccc(C)cc2)C(CO)(CO)OC1=O. The molecule has 0 amide bonds. The molecule has 0 unspecified atom stereocenters. The minimum atomic E-state index is -1.32. The molecule has 18 heavy (non-hydrogen) atoms. The Morgan fingerprint density at radius 1 is 1.11 bits per heavy atom. The molecule has 1 aromatic carbocycles. The normalized spacial score (nSPS) is 18.1. The second kappa shape index (κ2) is 4.55. The van der Waals surface area contributed by atoms with Gasteiger partial charge in [-0.25, -0.2) is 4.79 Å². The maximum Gasteiger partial charge on any atom is 0.335 e. The number of benzene rings is 1. The zero-order valence-corrected chi connectivity index (χ0v) is 10.4. The van der Waals surface area contributed by atoms with Crippen molar-refractivity contribution < 1.29 is 19.7 Å². The van der Waals surface area contributed by atoms with Crippen molar-refractivity contribution in [3.63, 3.8) is 0 Å². The first kappa shape index (κ1) is 12.8. The van der Waals surface area contributed by atoms with E-state index in [1.54, 1.807) is 6.92 Å². The van der Waals surface area contributed by atoms with Crippen molar-refractivity contribution in [2.45, 2.75) is 19.4 Å². The van der Waals surface area contributed by atoms with Gasteiger partial charge in [-0.05, 0) is 19.4 Å². The quantitative estimate of drug-likeness (QED) is 0.785. The Labute approximate surface area is 106 Å². The Morgan fingerprint density at radius 3 is 2.17 bits per heavy atom. The van der Waals surface area contributed by atoms with Crippen molar-refractivity contribution in [1.29, 1.82) is 0 Å². The molecule has 2 N–H and O–H groups in total. The fourth-order valence-corrected chi connectivity index (χ4v) is 2.22. The van der Waals surface area contributed by atoms with E-state index in [9.17, 15) is 15.0 Å². The van der Waals surface area contributed by atoms with E-state index in [1.807, 2.05) is 31.2 Å². The van der Waals surface area contributed by atoms with Crippen LogP contribution in [-0.4, -0.2) is 35.0 Å². The van der Waals surface area contributed by atoms with Crippen LogP contribution in [0.25, 0.3) is 5.57 Å². The van der Waals surface area contributed by atoms with Crippen LogP contribution in [0.4, 0.5) is 0 Å². The van der Waals surface area contributed by atoms with E-state index in [2.05, 4.69) is 0 Å². The summed E-state index contributed by atoms with van der Waals surface area (Å²) in [6.07, 6.45) is 0. The highest BCUT2D eigenvalue weighted by Crippen LogP contribution is 2.39. The largest absolute Gasteiger partial charge is 0.446 e. The van der Waals surface area contributed by atoms with E-state index < -0.39 is 24.8 Å². The molecule has 0 radical (unpaired) electrons. The molecule has 2 rings (SSSR count). The van der Waals surface area contributed by atoms with Gasteiger partial charge in [0.2, 0.25) is 0 Å². The molecule has 0 spiro atoms. The number of aryl methyl sites for hydroxylation is 1. The number of rotatable bonds is 3. The third-order valence-corrected chi connectivity index (χ3v) is 3.28. The van der Waals surface area contributed by atoms with Crippen molar-refractivity contribution in [2.24, 2.45) is 0 Å². The van der Waals surface area contributed by atoms with Crippen LogP contribution in [0.1, 0.15) is 18.1 Å². The number of esters is 1. The molecule has 0 fully saturated rings. The van der Waals surface area contributed by atoms with Crippen LogP contribution in [0.3, 0.4) is 0 Å². The predicted molar refractivity (Wildman–Crippen MR) is 66.8 cm³/mol. The monoisotopic (exact) mass is 248 g/mol. The fraction of sp³-hybridized carbons (Fsp3) is 0.357. The van der Waals surface area contributed by atoms with Gasteiger partial charge in [0.1, 0.15) is 0 Å². The second-order valence-electron chi connectivity index (χ2n) is 4.57. The van der Waals surface area contributed by atoms with Gasteiger partial charge in [-0.3, -0.25) is 0 Å². The predicted octanol–water partition coefficient (Wildman–Crippen LogP) is 1.05. The second-order valence-corrected chi connectivity index (χ2v) is 4.57. The zero-order chi connectivity index (χ0) is 13.3. The van der Waals surface area contributed by atoms with Crippen molar-refractivity contribution >= 4 is 11.5 Å². The van der Waals surface area contributed by atoms with Crippen molar-refractivity contribution in [1.82, 2.24) is 0 Å². The van der Waals surface area contributed by atoms with Crippen molar-refractivity contribution in [3.8, 4) is 0 Å². The smallest absolute Gasteiger partial charge is 0.335 e. The Hall–Kier alpha value is -1.65. The van der Waals surface area contributed by atoms with E-state index >= 15 is 0 Å². The molecule has 0 aliphatic carbocycles. The van der Waals surface area contributed by atoms with Gasteiger partial charge in [-0.1, -0.05) is 29.8 Å². The molecule has 1 aliphatic rings. The summed E-state index contributed by atoms with van der Waals surface area (Å²) in [5.41, 5.74) is 1.56. The summed E-state index contributed by atoms with van der Waals surface area (Å²) >= 11 is 0. The number of carbonyl (C=O) groups excluding carboxylic acids is 1. The van der Waals surface area contributed by atoms with Gasteiger partial charge in [-0.15, -0.1) is 0 Å². The highest BCUT2D eigenvalue weighted by Gasteiger charge is 2.46. The van der Waals surface area contributed by atoms with Gasteiger partial charge in [0, 0.05) is 11.1 Å². The van der Waals surface area contributed by atoms with Crippen LogP contribution in [0.15, 0.2) is 29.8 Å². The third kappa shape index (κ3) is 1.83. The number of cyclic esters (lactones) is 1. The van der Waals surface area contributed by atoms with Gasteiger partial charge in [0.25, 0.3) is 0 Å². The van der Waals surface area contributed by atoms with E-state index in [0.717, 1.165) is 11.1 Å². The van der Waals surface area contributed by atoms with Crippen molar-refractivity contribution in [2.75, 3.05) is 13.2 Å². The molecule has 1 aliphatic heterocycles. The molecule has 96 valence electrons. The molecule has 0 aromatic heterocycles. The number of aliphatic hydroxyl groups excluding tert-OH is 2. The summed E-state index contributed by atoms with van der Waals surface area (Å²) in [5, 5.41) is 18.9. The Kier molecular flexibility index (Phi) is 3.24. The first-order valence-electron chi connectivity index (χ1n) is 5.77. The van der Waals surface area contributed by atoms with Gasteiger partial charge in [-0.2, -0.15) is 0 Å². The van der Waals surface area contributed by atoms with Gasteiger partial charge in [0.05, 0.1) is 13.2 Å². The van der Waals surface area contributed by atoms with Crippen LogP contribution >= 0.6 is 0 Å². The van der Waals surface area contributed by atoms with Gasteiger partial charge < -0.3 is 14.9 Å². The average molecular weight is 248 g/mol. The maximum absolute atomic E-state index is 11.7. The fourth-order valence-electron chi connectivity index (χ4n) is 2.22. The molecule has 1 aromatic rings. The lowest BCUT2D eigenvalue weighted by atomic mass is 9.87. The summed E-state index contributed by atoms with van der Waals surface area (Å²) in [7, 11) is 0. The molecular formula is C14H16O4. The van der Waals surface area contributed by atoms with Crippen LogP contribution in [0, 0.1) is 6.92 Å². The molecule has 0 atom stereocenters. The molecular weight excluding hydrogens is 232 g/mol. The molecule has 0 saturated heterocycles. The minimum Gasteiger partial charge on any atom is -0.446 e. The molecule has 4 nitrogen and oxygen atoms in total. The van der Waals surface area contributed by atoms with Crippen LogP contribution in [0.2, 0.25) is 0 Å². The number of aliphatic hydroxyl groups is 2. The van der Waals surface area contributed by atoms with Gasteiger partial charge in [0.15, 0.2) is 5.60 Å². The first-order chi connectivity index (χ1) is 8.54. The van der Waals surface area contributed by atoms with Crippen molar-refractivity contribution in [3.05, 3.63) is 41.0 Å². The summed E-state index contributed by atoms with van der Waals surface area (Å²) in [4.78, 5) is 11.7. The lowest BCUT2D eigenvalue weighted by molar-refractivity contribution is -0.152. The van der Waals surface area contributed by atoms with E-state index in [0.29, 0.717) is 11.1 Å². The Morgan fingerprint density at radius 2 is 1.67 bits per heavy atom. The first-order valence-corrected chi connectivity index (χ1v) is 5.77. The third-order valence-electron chi connectivity index (χ3n) is 3.28. The Balaban J connectivity index is 2.57. The average Bonchev–Trinajstić information content (AvgIpc) is 2.64. The Bertz CT molecular complexity index is 495. The number of ether oxygens (including phenoxy) is 1. The maximum atomic E-state index is 11.7. The highest BCUT2D eigenvalue weighted by atomic mass is 16.6. The summed E-state index contributed by atoms with van der Waals surface area (Å²) in [6.45, 7) is 2.74. The van der Waals surface area contributed by atoms with E-state index in [-0.39, 0.29) is 0 Å². The number of hydrogen-bond acceptors (Lipinski definition) is 4. The highest BCUT2D eigenvalue weighted by molar-refractivity contribution is 6.04. The van der Waals surface area contributed by atoms with Gasteiger partial charge >= 0.3 is 5.97 Å². The molecule has 0 saturated carbocycles.